The molecule has 0 saturated carbocycles. The maximum absolute atomic E-state index is 12.9. The van der Waals surface area contributed by atoms with Gasteiger partial charge in [-0.15, -0.1) is 11.8 Å². The summed E-state index contributed by atoms with van der Waals surface area (Å²) in [6, 6.07) is 17.0. The Morgan fingerprint density at radius 2 is 1.83 bits per heavy atom. The van der Waals surface area contributed by atoms with Crippen molar-refractivity contribution in [1.82, 2.24) is 20.2 Å². The van der Waals surface area contributed by atoms with Gasteiger partial charge in [0.25, 0.3) is 0 Å². The molecule has 3 rings (SSSR count). The smallest absolute Gasteiger partial charge is 0.190 e. The molecule has 1 heterocycles. The van der Waals surface area contributed by atoms with Gasteiger partial charge in [0.05, 0.1) is 0 Å². The van der Waals surface area contributed by atoms with E-state index in [2.05, 4.69) is 49.4 Å². The highest BCUT2D eigenvalue weighted by atomic mass is 32.2. The first kappa shape index (κ1) is 21.9. The van der Waals surface area contributed by atoms with Crippen LogP contribution in [0, 0.1) is 5.82 Å². The van der Waals surface area contributed by atoms with E-state index in [9.17, 15) is 4.39 Å². The molecule has 0 fully saturated rings. The summed E-state index contributed by atoms with van der Waals surface area (Å²) in [4.78, 5) is 9.86. The van der Waals surface area contributed by atoms with Gasteiger partial charge in [0.15, 0.2) is 5.96 Å². The van der Waals surface area contributed by atoms with Gasteiger partial charge in [-0.1, -0.05) is 30.3 Å². The van der Waals surface area contributed by atoms with Crippen molar-refractivity contribution in [3.05, 3.63) is 84.2 Å². The van der Waals surface area contributed by atoms with Gasteiger partial charge in [-0.3, -0.25) is 4.99 Å². The molecule has 0 atom stereocenters. The molecule has 0 unspecified atom stereocenters. The van der Waals surface area contributed by atoms with E-state index in [0.717, 1.165) is 54.9 Å². The number of guanidine groups is 1. The second-order valence-corrected chi connectivity index (χ2v) is 7.96. The lowest BCUT2D eigenvalue weighted by Gasteiger charge is -2.12. The van der Waals surface area contributed by atoms with Crippen molar-refractivity contribution in [3.63, 3.8) is 0 Å². The quantitative estimate of drug-likeness (QED) is 0.223. The first-order chi connectivity index (χ1) is 14.7. The largest absolute Gasteiger partial charge is 0.356 e. The number of imidazole rings is 1. The Morgan fingerprint density at radius 3 is 2.60 bits per heavy atom. The Labute approximate surface area is 181 Å². The highest BCUT2D eigenvalue weighted by Crippen LogP contribution is 2.18. The lowest BCUT2D eigenvalue weighted by Crippen LogP contribution is -2.39. The molecular formula is C23H28FN5S. The van der Waals surface area contributed by atoms with E-state index < -0.39 is 0 Å². The topological polar surface area (TPSA) is 54.2 Å². The number of hydrogen-bond donors (Lipinski definition) is 2. The number of rotatable bonds is 10. The minimum atomic E-state index is -0.196. The van der Waals surface area contributed by atoms with Crippen LogP contribution in [0.2, 0.25) is 0 Å². The summed E-state index contributed by atoms with van der Waals surface area (Å²) in [5.74, 6) is 2.62. The fourth-order valence-corrected chi connectivity index (χ4v) is 3.86. The molecule has 2 aromatic carbocycles. The molecule has 158 valence electrons. The van der Waals surface area contributed by atoms with E-state index in [1.165, 1.54) is 17.7 Å². The number of nitrogens with zero attached hydrogens (tertiary/aromatic N) is 3. The first-order valence-electron chi connectivity index (χ1n) is 10.1. The summed E-state index contributed by atoms with van der Waals surface area (Å²) in [5.41, 5.74) is 1.26. The van der Waals surface area contributed by atoms with Gasteiger partial charge in [-0.05, 0) is 42.0 Å². The van der Waals surface area contributed by atoms with E-state index in [-0.39, 0.29) is 5.82 Å². The van der Waals surface area contributed by atoms with Crippen LogP contribution in [0.25, 0.3) is 0 Å². The minimum Gasteiger partial charge on any atom is -0.356 e. The molecule has 7 heteroatoms. The molecule has 0 bridgehead atoms. The molecular weight excluding hydrogens is 397 g/mol. The van der Waals surface area contributed by atoms with Gasteiger partial charge in [-0.25, -0.2) is 9.37 Å². The molecule has 0 aliphatic rings. The van der Waals surface area contributed by atoms with Gasteiger partial charge < -0.3 is 15.2 Å². The lowest BCUT2D eigenvalue weighted by molar-refractivity contribution is 0.626. The second-order valence-electron chi connectivity index (χ2n) is 6.79. The molecule has 3 aromatic rings. The van der Waals surface area contributed by atoms with Crippen LogP contribution in [0.15, 0.2) is 76.9 Å². The molecule has 2 N–H and O–H groups in total. The number of aliphatic imine (C=N–C) groups is 1. The van der Waals surface area contributed by atoms with Crippen LogP contribution in [0.5, 0.6) is 0 Å². The molecule has 30 heavy (non-hydrogen) atoms. The zero-order valence-electron chi connectivity index (χ0n) is 17.2. The fraction of sp³-hybridized carbons (Fsp3) is 0.304. The average molecular weight is 426 g/mol. The molecule has 5 nitrogen and oxygen atoms in total. The standard InChI is InChI=1S/C23H28FN5S/c1-25-23(27-13-5-17-30-21-10-8-20(24)9-11-21)28-14-12-22-26-15-16-29(22)18-19-6-3-2-4-7-19/h2-4,6-11,15-16H,5,12-14,17-18H2,1H3,(H2,25,27,28). The van der Waals surface area contributed by atoms with Gasteiger partial charge in [0, 0.05) is 50.4 Å². The van der Waals surface area contributed by atoms with E-state index in [1.54, 1.807) is 18.8 Å². The Bertz CT molecular complexity index is 909. The normalized spacial score (nSPS) is 11.5. The van der Waals surface area contributed by atoms with E-state index in [1.807, 2.05) is 30.6 Å². The van der Waals surface area contributed by atoms with Crippen molar-refractivity contribution >= 4 is 17.7 Å². The average Bonchev–Trinajstić information content (AvgIpc) is 3.21. The molecule has 0 spiro atoms. The molecule has 0 radical (unpaired) electrons. The summed E-state index contributed by atoms with van der Waals surface area (Å²) in [7, 11) is 1.78. The maximum atomic E-state index is 12.9. The number of aromatic nitrogens is 2. The fourth-order valence-electron chi connectivity index (χ4n) is 3.01. The minimum absolute atomic E-state index is 0.196. The molecule has 0 amide bonds. The van der Waals surface area contributed by atoms with E-state index in [4.69, 9.17) is 0 Å². The van der Waals surface area contributed by atoms with Crippen molar-refractivity contribution in [2.45, 2.75) is 24.3 Å². The Balaban J connectivity index is 1.34. The number of thioether (sulfide) groups is 1. The summed E-state index contributed by atoms with van der Waals surface area (Å²) >= 11 is 1.73. The van der Waals surface area contributed by atoms with E-state index in [0.29, 0.717) is 0 Å². The number of benzene rings is 2. The lowest BCUT2D eigenvalue weighted by atomic mass is 10.2. The van der Waals surface area contributed by atoms with Crippen molar-refractivity contribution in [1.29, 1.82) is 0 Å². The summed E-state index contributed by atoms with van der Waals surface area (Å²) < 4.78 is 15.1. The molecule has 0 aliphatic carbocycles. The summed E-state index contributed by atoms with van der Waals surface area (Å²) in [6.45, 7) is 2.42. The first-order valence-corrected chi connectivity index (χ1v) is 11.1. The van der Waals surface area contributed by atoms with Crippen molar-refractivity contribution in [3.8, 4) is 0 Å². The number of hydrogen-bond acceptors (Lipinski definition) is 3. The molecule has 1 aromatic heterocycles. The SMILES string of the molecule is CN=C(NCCCSc1ccc(F)cc1)NCCc1nccn1Cc1ccccc1. The van der Waals surface area contributed by atoms with Crippen molar-refractivity contribution in [2.24, 2.45) is 4.99 Å². The van der Waals surface area contributed by atoms with Crippen molar-refractivity contribution < 1.29 is 4.39 Å². The van der Waals surface area contributed by atoms with Crippen LogP contribution in [-0.4, -0.2) is 41.4 Å². The Hall–Kier alpha value is -2.80. The second kappa shape index (κ2) is 12.0. The van der Waals surface area contributed by atoms with Crippen LogP contribution in [0.4, 0.5) is 4.39 Å². The van der Waals surface area contributed by atoms with Gasteiger partial charge in [0.2, 0.25) is 0 Å². The highest BCUT2D eigenvalue weighted by molar-refractivity contribution is 7.99. The van der Waals surface area contributed by atoms with Crippen LogP contribution in [0.1, 0.15) is 17.8 Å². The zero-order chi connectivity index (χ0) is 21.0. The van der Waals surface area contributed by atoms with Gasteiger partial charge in [-0.2, -0.15) is 0 Å². The van der Waals surface area contributed by atoms with Gasteiger partial charge >= 0.3 is 0 Å². The van der Waals surface area contributed by atoms with Crippen LogP contribution in [-0.2, 0) is 13.0 Å². The third-order valence-electron chi connectivity index (χ3n) is 4.56. The Morgan fingerprint density at radius 1 is 1.07 bits per heavy atom. The molecule has 0 saturated heterocycles. The maximum Gasteiger partial charge on any atom is 0.190 e. The van der Waals surface area contributed by atoms with Crippen molar-refractivity contribution in [2.75, 3.05) is 25.9 Å². The predicted molar refractivity (Wildman–Crippen MR) is 123 cm³/mol. The third-order valence-corrected chi connectivity index (χ3v) is 5.66. The zero-order valence-corrected chi connectivity index (χ0v) is 18.0. The summed E-state index contributed by atoms with van der Waals surface area (Å²) in [6.07, 6.45) is 5.68. The monoisotopic (exact) mass is 425 g/mol. The van der Waals surface area contributed by atoms with Crippen LogP contribution in [0.3, 0.4) is 0 Å². The molecule has 0 aliphatic heterocycles. The Kier molecular flexibility index (Phi) is 8.78. The van der Waals surface area contributed by atoms with E-state index >= 15 is 0 Å². The summed E-state index contributed by atoms with van der Waals surface area (Å²) in [5, 5.41) is 6.69. The highest BCUT2D eigenvalue weighted by Gasteiger charge is 2.05. The van der Waals surface area contributed by atoms with Crippen LogP contribution >= 0.6 is 11.8 Å². The number of nitrogens with one attached hydrogen (secondary N) is 2. The van der Waals surface area contributed by atoms with Gasteiger partial charge in [0.1, 0.15) is 11.6 Å². The predicted octanol–water partition coefficient (Wildman–Crippen LogP) is 3.96. The van der Waals surface area contributed by atoms with Crippen LogP contribution < -0.4 is 10.6 Å². The third kappa shape index (κ3) is 7.22. The number of halogens is 1.